The van der Waals surface area contributed by atoms with E-state index in [2.05, 4.69) is 109 Å². The predicted octanol–water partition coefficient (Wildman–Crippen LogP) is 11.2. The van der Waals surface area contributed by atoms with Crippen LogP contribution in [0.25, 0.3) is 77.2 Å². The molecule has 1 aliphatic rings. The molecule has 7 aromatic carbocycles. The van der Waals surface area contributed by atoms with E-state index in [9.17, 15) is 5.26 Å². The Morgan fingerprint density at radius 1 is 0.390 bits per heavy atom. The number of hydrogen-bond acceptors (Lipinski definition) is 1. The first-order valence-electron chi connectivity index (χ1n) is 13.7. The van der Waals surface area contributed by atoms with E-state index in [1.54, 1.807) is 0 Å². The van der Waals surface area contributed by atoms with E-state index in [0.29, 0.717) is 5.56 Å². The van der Waals surface area contributed by atoms with Gasteiger partial charge in [0, 0.05) is 10.4 Å². The smallest absolute Gasteiger partial charge is 0.0991 e. The SMILES string of the molecule is N#Cc1ccc(-c2ccc(-c3ccc(-c4ccc5c6c(ccc(Cl)c46)-c4ccccc4-5)cc3)c3ccccc23)cc1. The molecule has 0 amide bonds. The van der Waals surface area contributed by atoms with Gasteiger partial charge in [0.2, 0.25) is 0 Å². The van der Waals surface area contributed by atoms with Crippen molar-refractivity contribution >= 4 is 33.1 Å². The predicted molar refractivity (Wildman–Crippen MR) is 172 cm³/mol. The third kappa shape index (κ3) is 3.62. The van der Waals surface area contributed by atoms with Gasteiger partial charge in [-0.25, -0.2) is 0 Å². The minimum atomic E-state index is 0.667. The maximum Gasteiger partial charge on any atom is 0.0991 e. The average Bonchev–Trinajstić information content (AvgIpc) is 3.37. The third-order valence-electron chi connectivity index (χ3n) is 8.37. The molecule has 8 rings (SSSR count). The molecular formula is C39H22ClN. The zero-order valence-electron chi connectivity index (χ0n) is 22.0. The molecule has 0 saturated carbocycles. The third-order valence-corrected chi connectivity index (χ3v) is 8.69. The lowest BCUT2D eigenvalue weighted by molar-refractivity contribution is 1.48. The maximum absolute atomic E-state index is 9.20. The Kier molecular flexibility index (Phi) is 5.32. The Morgan fingerprint density at radius 3 is 1.39 bits per heavy atom. The van der Waals surface area contributed by atoms with Crippen molar-refractivity contribution in [3.63, 3.8) is 0 Å². The van der Waals surface area contributed by atoms with Gasteiger partial charge in [0.1, 0.15) is 0 Å². The molecular weight excluding hydrogens is 518 g/mol. The highest BCUT2D eigenvalue weighted by Crippen LogP contribution is 2.51. The van der Waals surface area contributed by atoms with Crippen LogP contribution in [-0.4, -0.2) is 0 Å². The van der Waals surface area contributed by atoms with E-state index in [4.69, 9.17) is 11.6 Å². The van der Waals surface area contributed by atoms with Gasteiger partial charge in [-0.2, -0.15) is 5.26 Å². The first-order chi connectivity index (χ1) is 20.2. The number of fused-ring (bicyclic) bond motifs is 4. The van der Waals surface area contributed by atoms with Gasteiger partial charge in [-0.05, 0) is 90.0 Å². The van der Waals surface area contributed by atoms with E-state index < -0.39 is 0 Å². The molecule has 1 nitrogen and oxygen atoms in total. The van der Waals surface area contributed by atoms with Crippen LogP contribution in [-0.2, 0) is 0 Å². The summed E-state index contributed by atoms with van der Waals surface area (Å²) >= 11 is 6.89. The van der Waals surface area contributed by atoms with Crippen LogP contribution < -0.4 is 0 Å². The molecule has 2 heteroatoms. The standard InChI is InChI=1S/C39H22ClN/c40-37-22-21-36-34-8-4-3-7-33(34)35-20-19-30(39(37)38(35)36)27-15-13-26(14-16-27)29-18-17-28(31-5-1-2-6-32(29)31)25-11-9-24(23-41)10-12-25/h1-22H. The summed E-state index contributed by atoms with van der Waals surface area (Å²) in [6.07, 6.45) is 0. The number of nitrogens with zero attached hydrogens (tertiary/aromatic N) is 1. The van der Waals surface area contributed by atoms with Crippen LogP contribution in [0.15, 0.2) is 133 Å². The molecule has 0 heterocycles. The molecule has 0 saturated heterocycles. The Morgan fingerprint density at radius 2 is 0.829 bits per heavy atom. The number of nitriles is 1. The van der Waals surface area contributed by atoms with Crippen LogP contribution in [0.1, 0.15) is 5.56 Å². The van der Waals surface area contributed by atoms with Gasteiger partial charge in [0.25, 0.3) is 0 Å². The Hall–Kier alpha value is -5.16. The minimum Gasteiger partial charge on any atom is -0.192 e. The molecule has 190 valence electrons. The van der Waals surface area contributed by atoms with Gasteiger partial charge < -0.3 is 0 Å². The van der Waals surface area contributed by atoms with Gasteiger partial charge in [0.05, 0.1) is 11.6 Å². The van der Waals surface area contributed by atoms with Crippen molar-refractivity contribution in [1.82, 2.24) is 0 Å². The number of halogens is 1. The quantitative estimate of drug-likeness (QED) is 0.219. The average molecular weight is 540 g/mol. The highest BCUT2D eigenvalue weighted by molar-refractivity contribution is 6.39. The first kappa shape index (κ1) is 23.7. The van der Waals surface area contributed by atoms with Crippen LogP contribution in [0.3, 0.4) is 0 Å². The summed E-state index contributed by atoms with van der Waals surface area (Å²) in [5, 5.41) is 14.7. The number of hydrogen-bond donors (Lipinski definition) is 0. The molecule has 0 unspecified atom stereocenters. The fourth-order valence-electron chi connectivity index (χ4n) is 6.45. The molecule has 0 spiro atoms. The van der Waals surface area contributed by atoms with Gasteiger partial charge in [-0.15, -0.1) is 0 Å². The van der Waals surface area contributed by atoms with E-state index in [1.165, 1.54) is 49.5 Å². The molecule has 41 heavy (non-hydrogen) atoms. The second kappa shape index (κ2) is 9.20. The van der Waals surface area contributed by atoms with Gasteiger partial charge in [0.15, 0.2) is 0 Å². The normalized spacial score (nSPS) is 11.5. The molecule has 0 bridgehead atoms. The van der Waals surface area contributed by atoms with Crippen molar-refractivity contribution in [2.45, 2.75) is 0 Å². The van der Waals surface area contributed by atoms with Crippen molar-refractivity contribution in [2.75, 3.05) is 0 Å². The number of benzene rings is 7. The largest absolute Gasteiger partial charge is 0.192 e. The Labute approximate surface area is 243 Å². The van der Waals surface area contributed by atoms with Gasteiger partial charge >= 0.3 is 0 Å². The molecule has 1 aliphatic carbocycles. The first-order valence-corrected chi connectivity index (χ1v) is 14.1. The Bertz CT molecular complexity index is 2170. The summed E-state index contributed by atoms with van der Waals surface area (Å²) in [4.78, 5) is 0. The molecule has 7 aromatic rings. The van der Waals surface area contributed by atoms with Crippen molar-refractivity contribution in [1.29, 1.82) is 5.26 Å². The zero-order chi connectivity index (χ0) is 27.5. The van der Waals surface area contributed by atoms with Crippen LogP contribution >= 0.6 is 11.6 Å². The van der Waals surface area contributed by atoms with Crippen molar-refractivity contribution in [2.24, 2.45) is 0 Å². The summed E-state index contributed by atoms with van der Waals surface area (Å²) in [7, 11) is 0. The van der Waals surface area contributed by atoms with Crippen LogP contribution in [0.5, 0.6) is 0 Å². The fourth-order valence-corrected chi connectivity index (χ4v) is 6.71. The van der Waals surface area contributed by atoms with E-state index >= 15 is 0 Å². The second-order valence-electron chi connectivity index (χ2n) is 10.5. The fraction of sp³-hybridized carbons (Fsp3) is 0. The molecule has 0 aromatic heterocycles. The van der Waals surface area contributed by atoms with Gasteiger partial charge in [-0.1, -0.05) is 127 Å². The second-order valence-corrected chi connectivity index (χ2v) is 10.9. The van der Waals surface area contributed by atoms with E-state index in [1.807, 2.05) is 30.3 Å². The summed E-state index contributed by atoms with van der Waals surface area (Å²) in [6.45, 7) is 0. The molecule has 0 atom stereocenters. The molecule has 0 radical (unpaired) electrons. The summed E-state index contributed by atoms with van der Waals surface area (Å²) in [6, 6.07) is 49.0. The minimum absolute atomic E-state index is 0.667. The van der Waals surface area contributed by atoms with Crippen LogP contribution in [0, 0.1) is 11.3 Å². The number of rotatable bonds is 3. The van der Waals surface area contributed by atoms with Crippen LogP contribution in [0.4, 0.5) is 0 Å². The molecule has 0 N–H and O–H groups in total. The highest BCUT2D eigenvalue weighted by atomic mass is 35.5. The topological polar surface area (TPSA) is 23.8 Å². The van der Waals surface area contributed by atoms with Crippen molar-refractivity contribution in [3.8, 4) is 61.7 Å². The molecule has 0 fully saturated rings. The monoisotopic (exact) mass is 539 g/mol. The summed E-state index contributed by atoms with van der Waals surface area (Å²) < 4.78 is 0. The lowest BCUT2D eigenvalue weighted by Gasteiger charge is -2.14. The maximum atomic E-state index is 9.20. The lowest BCUT2D eigenvalue weighted by atomic mass is 9.90. The summed E-state index contributed by atoms with van der Waals surface area (Å²) in [5.41, 5.74) is 12.6. The van der Waals surface area contributed by atoms with Crippen LogP contribution in [0.2, 0.25) is 5.02 Å². The van der Waals surface area contributed by atoms with E-state index in [-0.39, 0.29) is 0 Å². The molecule has 0 aliphatic heterocycles. The van der Waals surface area contributed by atoms with Crippen molar-refractivity contribution in [3.05, 3.63) is 144 Å². The lowest BCUT2D eigenvalue weighted by Crippen LogP contribution is -1.88. The van der Waals surface area contributed by atoms with Gasteiger partial charge in [-0.3, -0.25) is 0 Å². The zero-order valence-corrected chi connectivity index (χ0v) is 22.8. The van der Waals surface area contributed by atoms with E-state index in [0.717, 1.165) is 32.7 Å². The highest BCUT2D eigenvalue weighted by Gasteiger charge is 2.24. The van der Waals surface area contributed by atoms with Crippen molar-refractivity contribution < 1.29 is 0 Å². The Balaban J connectivity index is 1.23. The summed E-state index contributed by atoms with van der Waals surface area (Å²) in [5.74, 6) is 0.